The summed E-state index contributed by atoms with van der Waals surface area (Å²) in [6.45, 7) is 1.65. The molecule has 0 fully saturated rings. The third-order valence-electron chi connectivity index (χ3n) is 2.64. The average Bonchev–Trinajstić information content (AvgIpc) is 2.43. The van der Waals surface area contributed by atoms with E-state index in [1.165, 1.54) is 0 Å². The number of nitrogens with one attached hydrogen (secondary N) is 1. The van der Waals surface area contributed by atoms with E-state index in [4.69, 9.17) is 27.9 Å². The van der Waals surface area contributed by atoms with Crippen molar-refractivity contribution in [3.05, 3.63) is 58.6 Å². The third-order valence-corrected chi connectivity index (χ3v) is 3.28. The van der Waals surface area contributed by atoms with E-state index >= 15 is 0 Å². The summed E-state index contributed by atoms with van der Waals surface area (Å²) in [5.41, 5.74) is 0.550. The van der Waals surface area contributed by atoms with Gasteiger partial charge in [-0.3, -0.25) is 4.79 Å². The van der Waals surface area contributed by atoms with E-state index < -0.39 is 6.10 Å². The second-order valence-electron chi connectivity index (χ2n) is 4.16. The minimum Gasteiger partial charge on any atom is -0.479 e. The molecule has 2 rings (SSSR count). The van der Waals surface area contributed by atoms with Crippen LogP contribution in [0.3, 0.4) is 0 Å². The van der Waals surface area contributed by atoms with Gasteiger partial charge in [-0.05, 0) is 31.2 Å². The van der Waals surface area contributed by atoms with Crippen molar-refractivity contribution in [3.63, 3.8) is 0 Å². The lowest BCUT2D eigenvalue weighted by Gasteiger charge is -2.16. The normalized spacial score (nSPS) is 11.8. The maximum absolute atomic E-state index is 12.0. The van der Waals surface area contributed by atoms with Gasteiger partial charge < -0.3 is 10.1 Å². The molecule has 0 aliphatic carbocycles. The van der Waals surface area contributed by atoms with Gasteiger partial charge in [-0.2, -0.15) is 0 Å². The van der Waals surface area contributed by atoms with Gasteiger partial charge in [-0.15, -0.1) is 0 Å². The molecular weight excluding hydrogens is 297 g/mol. The third kappa shape index (κ3) is 3.65. The Balaban J connectivity index is 2.03. The summed E-state index contributed by atoms with van der Waals surface area (Å²) in [5, 5.41) is 3.65. The molecule has 0 aliphatic heterocycles. The lowest BCUT2D eigenvalue weighted by atomic mass is 10.3. The van der Waals surface area contributed by atoms with Gasteiger partial charge in [0.05, 0.1) is 15.7 Å². The molecule has 1 amide bonds. The molecule has 1 N–H and O–H groups in total. The van der Waals surface area contributed by atoms with Crippen LogP contribution in [0.4, 0.5) is 5.69 Å². The second kappa shape index (κ2) is 6.64. The average molecular weight is 310 g/mol. The highest BCUT2D eigenvalue weighted by molar-refractivity contribution is 6.33. The summed E-state index contributed by atoms with van der Waals surface area (Å²) >= 11 is 12.0. The number of para-hydroxylation sites is 2. The molecule has 5 heteroatoms. The maximum atomic E-state index is 12.0. The molecule has 104 valence electrons. The zero-order chi connectivity index (χ0) is 14.5. The van der Waals surface area contributed by atoms with Crippen molar-refractivity contribution < 1.29 is 9.53 Å². The molecule has 0 aliphatic rings. The van der Waals surface area contributed by atoms with Crippen LogP contribution in [-0.2, 0) is 4.79 Å². The Morgan fingerprint density at radius 3 is 2.30 bits per heavy atom. The van der Waals surface area contributed by atoms with Gasteiger partial charge in [0, 0.05) is 0 Å². The Morgan fingerprint density at radius 2 is 1.65 bits per heavy atom. The predicted molar refractivity (Wildman–Crippen MR) is 81.6 cm³/mol. The molecule has 0 saturated carbocycles. The van der Waals surface area contributed by atoms with Crippen molar-refractivity contribution in [3.8, 4) is 5.75 Å². The predicted octanol–water partition coefficient (Wildman–Crippen LogP) is 4.40. The Labute approximate surface area is 127 Å². The smallest absolute Gasteiger partial charge is 0.265 e. The van der Waals surface area contributed by atoms with E-state index in [-0.39, 0.29) is 5.91 Å². The van der Waals surface area contributed by atoms with Crippen LogP contribution in [0, 0.1) is 0 Å². The monoisotopic (exact) mass is 309 g/mol. The Kier molecular flexibility index (Phi) is 4.88. The van der Waals surface area contributed by atoms with Crippen LogP contribution in [0.25, 0.3) is 0 Å². The van der Waals surface area contributed by atoms with E-state index in [1.807, 2.05) is 0 Å². The van der Waals surface area contributed by atoms with Crippen LogP contribution in [0.2, 0.25) is 10.0 Å². The largest absolute Gasteiger partial charge is 0.479 e. The molecule has 0 bridgehead atoms. The summed E-state index contributed by atoms with van der Waals surface area (Å²) in [6.07, 6.45) is -0.689. The molecule has 0 aromatic heterocycles. The summed E-state index contributed by atoms with van der Waals surface area (Å²) in [7, 11) is 0. The number of carbonyl (C=O) groups excluding carboxylic acids is 1. The van der Waals surface area contributed by atoms with Crippen molar-refractivity contribution in [1.29, 1.82) is 0 Å². The number of hydrogen-bond donors (Lipinski definition) is 1. The Bertz CT molecular complexity index is 616. The van der Waals surface area contributed by atoms with Crippen molar-refractivity contribution in [2.45, 2.75) is 13.0 Å². The van der Waals surface area contributed by atoms with Crippen LogP contribution in [0.5, 0.6) is 5.75 Å². The maximum Gasteiger partial charge on any atom is 0.265 e. The molecule has 20 heavy (non-hydrogen) atoms. The van der Waals surface area contributed by atoms with E-state index in [0.29, 0.717) is 21.5 Å². The van der Waals surface area contributed by atoms with E-state index in [1.54, 1.807) is 55.5 Å². The fraction of sp³-hybridized carbons (Fsp3) is 0.133. The number of hydrogen-bond acceptors (Lipinski definition) is 2. The van der Waals surface area contributed by atoms with Gasteiger partial charge in [0.1, 0.15) is 5.75 Å². The van der Waals surface area contributed by atoms with Crippen molar-refractivity contribution >= 4 is 34.8 Å². The van der Waals surface area contributed by atoms with Crippen molar-refractivity contribution in [2.75, 3.05) is 5.32 Å². The molecule has 1 atom stereocenters. The van der Waals surface area contributed by atoms with E-state index in [9.17, 15) is 4.79 Å². The summed E-state index contributed by atoms with van der Waals surface area (Å²) < 4.78 is 5.53. The minimum atomic E-state index is -0.689. The highest BCUT2D eigenvalue weighted by Gasteiger charge is 2.16. The number of rotatable bonds is 4. The lowest BCUT2D eigenvalue weighted by molar-refractivity contribution is -0.122. The quantitative estimate of drug-likeness (QED) is 0.909. The van der Waals surface area contributed by atoms with Gasteiger partial charge in [0.2, 0.25) is 0 Å². The number of carbonyl (C=O) groups is 1. The summed E-state index contributed by atoms with van der Waals surface area (Å²) in [6, 6.07) is 14.0. The van der Waals surface area contributed by atoms with Crippen LogP contribution in [0.15, 0.2) is 48.5 Å². The summed E-state index contributed by atoms with van der Waals surface area (Å²) in [5.74, 6) is 0.175. The molecule has 2 aromatic rings. The van der Waals surface area contributed by atoms with Gasteiger partial charge in [0.15, 0.2) is 6.10 Å². The molecule has 0 unspecified atom stereocenters. The zero-order valence-electron chi connectivity index (χ0n) is 10.8. The molecule has 0 saturated heterocycles. The van der Waals surface area contributed by atoms with Crippen LogP contribution in [-0.4, -0.2) is 12.0 Å². The van der Waals surface area contributed by atoms with Gasteiger partial charge in [-0.25, -0.2) is 0 Å². The number of benzene rings is 2. The highest BCUT2D eigenvalue weighted by atomic mass is 35.5. The molecule has 3 nitrogen and oxygen atoms in total. The SMILES string of the molecule is C[C@H](Oc1ccccc1Cl)C(=O)Nc1ccccc1Cl. The highest BCUT2D eigenvalue weighted by Crippen LogP contribution is 2.25. The first-order chi connectivity index (χ1) is 9.58. The lowest BCUT2D eigenvalue weighted by Crippen LogP contribution is -2.30. The molecule has 0 radical (unpaired) electrons. The fourth-order valence-electron chi connectivity index (χ4n) is 1.58. The Morgan fingerprint density at radius 1 is 1.05 bits per heavy atom. The molecule has 0 spiro atoms. The van der Waals surface area contributed by atoms with Crippen LogP contribution >= 0.6 is 23.2 Å². The number of anilines is 1. The van der Waals surface area contributed by atoms with Crippen LogP contribution < -0.4 is 10.1 Å². The van der Waals surface area contributed by atoms with Crippen molar-refractivity contribution in [2.24, 2.45) is 0 Å². The standard InChI is InChI=1S/C15H13Cl2NO2/c1-10(20-14-9-5-3-7-12(14)17)15(19)18-13-8-4-2-6-11(13)16/h2-10H,1H3,(H,18,19)/t10-/m0/s1. The Hall–Kier alpha value is -1.71. The van der Waals surface area contributed by atoms with Gasteiger partial charge >= 0.3 is 0 Å². The molecule has 0 heterocycles. The second-order valence-corrected chi connectivity index (χ2v) is 4.97. The van der Waals surface area contributed by atoms with Gasteiger partial charge in [0.25, 0.3) is 5.91 Å². The van der Waals surface area contributed by atoms with Crippen molar-refractivity contribution in [1.82, 2.24) is 0 Å². The first-order valence-electron chi connectivity index (χ1n) is 6.04. The summed E-state index contributed by atoms with van der Waals surface area (Å²) in [4.78, 5) is 12.0. The van der Waals surface area contributed by atoms with E-state index in [2.05, 4.69) is 5.32 Å². The van der Waals surface area contributed by atoms with E-state index in [0.717, 1.165) is 0 Å². The number of halogens is 2. The number of ether oxygens (including phenoxy) is 1. The topological polar surface area (TPSA) is 38.3 Å². The molecule has 2 aromatic carbocycles. The molecular formula is C15H13Cl2NO2. The van der Waals surface area contributed by atoms with Gasteiger partial charge in [-0.1, -0.05) is 47.5 Å². The number of amides is 1. The first kappa shape index (κ1) is 14.7. The first-order valence-corrected chi connectivity index (χ1v) is 6.80. The van der Waals surface area contributed by atoms with Crippen LogP contribution in [0.1, 0.15) is 6.92 Å². The zero-order valence-corrected chi connectivity index (χ0v) is 12.3. The minimum absolute atomic E-state index is 0.294. The fourth-order valence-corrected chi connectivity index (χ4v) is 1.94.